The summed E-state index contributed by atoms with van der Waals surface area (Å²) in [6, 6.07) is 31.0. The van der Waals surface area contributed by atoms with E-state index in [0.717, 1.165) is 35.1 Å². The highest BCUT2D eigenvalue weighted by molar-refractivity contribution is 7.19. The molecule has 37 heavy (non-hydrogen) atoms. The van der Waals surface area contributed by atoms with Gasteiger partial charge in [-0.15, -0.1) is 0 Å². The van der Waals surface area contributed by atoms with E-state index < -0.39 is 23.6 Å². The second-order valence-electron chi connectivity index (χ2n) is 9.63. The van der Waals surface area contributed by atoms with Crippen LogP contribution in [0, 0.1) is 17.5 Å². The first kappa shape index (κ1) is 26.5. The van der Waals surface area contributed by atoms with Crippen LogP contribution in [-0.2, 0) is 0 Å². The van der Waals surface area contributed by atoms with Crippen molar-refractivity contribution >= 4 is 28.0 Å². The molecule has 6 heteroatoms. The first-order valence-electron chi connectivity index (χ1n) is 12.6. The third kappa shape index (κ3) is 5.71. The van der Waals surface area contributed by atoms with Gasteiger partial charge in [0.2, 0.25) is 0 Å². The Morgan fingerprint density at radius 2 is 1.19 bits per heavy atom. The van der Waals surface area contributed by atoms with Crippen LogP contribution in [0.4, 0.5) is 13.2 Å². The number of nitrogens with one attached hydrogen (secondary N) is 1. The van der Waals surface area contributed by atoms with Crippen LogP contribution >= 0.6 is 0 Å². The lowest BCUT2D eigenvalue weighted by Gasteiger charge is -2.44. The Balaban J connectivity index is 0.000000301. The summed E-state index contributed by atoms with van der Waals surface area (Å²) in [4.78, 5) is 3.98. The number of rotatable bonds is 6. The molecule has 2 nitrogen and oxygen atoms in total. The van der Waals surface area contributed by atoms with Crippen molar-refractivity contribution in [2.75, 3.05) is 33.4 Å². The van der Waals surface area contributed by atoms with E-state index in [1.807, 2.05) is 97.1 Å². The summed E-state index contributed by atoms with van der Waals surface area (Å²) < 4.78 is 42.4. The van der Waals surface area contributed by atoms with Crippen LogP contribution in [0.25, 0.3) is 0 Å². The number of benzene rings is 4. The monoisotopic (exact) mass is 500 g/mol. The quantitative estimate of drug-likeness (QED) is 0.243. The van der Waals surface area contributed by atoms with Gasteiger partial charge < -0.3 is 4.90 Å². The zero-order valence-corrected chi connectivity index (χ0v) is 21.1. The highest BCUT2D eigenvalue weighted by Gasteiger charge is 2.32. The largest absolute Gasteiger partial charge is 0.318 e. The standard InChI is InChI=1S/C24H17BF3.C7H14N2/c26-22-16-21(17-23(27)24(22)28)25(18-10-4-1-5-11-18,19-12-6-2-7-13-19)20-14-8-3-9-15-20;1-3-4-9-6-5-8(2)7-9/h1-17H;3H,1,4-7H2,2H3/q-1;/p+1. The highest BCUT2D eigenvalue weighted by atomic mass is 19.2. The van der Waals surface area contributed by atoms with Crippen molar-refractivity contribution in [1.82, 2.24) is 4.90 Å². The molecule has 1 fully saturated rings. The van der Waals surface area contributed by atoms with E-state index in [2.05, 4.69) is 18.5 Å². The van der Waals surface area contributed by atoms with Gasteiger partial charge in [-0.25, -0.2) is 13.2 Å². The smallest absolute Gasteiger partial charge is 0.194 e. The summed E-state index contributed by atoms with van der Waals surface area (Å²) in [7, 11) is 2.16. The average molecular weight is 500 g/mol. The van der Waals surface area contributed by atoms with E-state index in [1.54, 1.807) is 4.90 Å². The summed E-state index contributed by atoms with van der Waals surface area (Å²) in [6.07, 6.45) is 0.0795. The SMILES string of the molecule is C=CC[NH+]1CCN(C)C1.Fc1cc([B-](c2ccccc2)(c2ccccc2)c2ccccc2)cc(F)c1F. The topological polar surface area (TPSA) is 7.68 Å². The van der Waals surface area contributed by atoms with Crippen molar-refractivity contribution in [2.24, 2.45) is 0 Å². The Morgan fingerprint density at radius 3 is 1.54 bits per heavy atom. The predicted octanol–water partition coefficient (Wildman–Crippen LogP) is 2.44. The molecule has 0 aromatic heterocycles. The van der Waals surface area contributed by atoms with Crippen LogP contribution in [0.3, 0.4) is 0 Å². The second-order valence-corrected chi connectivity index (χ2v) is 9.63. The van der Waals surface area contributed by atoms with Gasteiger partial charge in [-0.3, -0.25) is 4.90 Å². The number of halogens is 3. The predicted molar refractivity (Wildman–Crippen MR) is 148 cm³/mol. The molecule has 0 aliphatic carbocycles. The molecule has 1 aliphatic heterocycles. The molecule has 0 radical (unpaired) electrons. The van der Waals surface area contributed by atoms with Crippen molar-refractivity contribution in [3.8, 4) is 0 Å². The summed E-state index contributed by atoms with van der Waals surface area (Å²) in [5.74, 6) is -3.84. The van der Waals surface area contributed by atoms with Gasteiger partial charge in [-0.1, -0.05) is 110 Å². The third-order valence-electron chi connectivity index (χ3n) is 7.18. The molecule has 0 amide bonds. The molecular formula is C31H32BF3N2. The normalized spacial score (nSPS) is 15.6. The fourth-order valence-corrected chi connectivity index (χ4v) is 5.46. The van der Waals surface area contributed by atoms with Gasteiger partial charge in [0.05, 0.1) is 19.6 Å². The first-order chi connectivity index (χ1) is 18.0. The van der Waals surface area contributed by atoms with Crippen molar-refractivity contribution < 1.29 is 18.1 Å². The van der Waals surface area contributed by atoms with Crippen LogP contribution in [0.5, 0.6) is 0 Å². The molecule has 0 spiro atoms. The van der Waals surface area contributed by atoms with Gasteiger partial charge in [0.25, 0.3) is 0 Å². The molecule has 4 aromatic rings. The van der Waals surface area contributed by atoms with Crippen molar-refractivity contribution in [3.63, 3.8) is 0 Å². The zero-order valence-electron chi connectivity index (χ0n) is 21.1. The van der Waals surface area contributed by atoms with Gasteiger partial charge in [0.1, 0.15) is 12.8 Å². The number of likely N-dealkylation sites (N-methyl/N-ethyl adjacent to an activating group) is 1. The summed E-state index contributed by atoms with van der Waals surface area (Å²) in [6.45, 7) is 8.53. The third-order valence-corrected chi connectivity index (χ3v) is 7.18. The van der Waals surface area contributed by atoms with Crippen LogP contribution < -0.4 is 26.8 Å². The highest BCUT2D eigenvalue weighted by Crippen LogP contribution is 2.14. The Kier molecular flexibility index (Phi) is 8.64. The van der Waals surface area contributed by atoms with Crippen LogP contribution in [0.2, 0.25) is 0 Å². The van der Waals surface area contributed by atoms with E-state index in [9.17, 15) is 13.2 Å². The maximum atomic E-state index is 14.3. The molecule has 1 heterocycles. The lowest BCUT2D eigenvalue weighted by Crippen LogP contribution is -3.10. The Bertz CT molecular complexity index is 1180. The second kappa shape index (κ2) is 12.1. The summed E-state index contributed by atoms with van der Waals surface area (Å²) in [5, 5.41) is 0. The minimum absolute atomic E-state index is 0.389. The van der Waals surface area contributed by atoms with Crippen molar-refractivity contribution in [3.05, 3.63) is 133 Å². The Labute approximate surface area is 217 Å². The lowest BCUT2D eigenvalue weighted by atomic mass is 9.13. The van der Waals surface area contributed by atoms with Gasteiger partial charge in [0, 0.05) is 0 Å². The fourth-order valence-electron chi connectivity index (χ4n) is 5.46. The molecule has 0 saturated carbocycles. The molecule has 1 unspecified atom stereocenters. The van der Waals surface area contributed by atoms with Crippen molar-refractivity contribution in [2.45, 2.75) is 0 Å². The number of nitrogens with zero attached hydrogens (tertiary/aromatic N) is 1. The number of hydrogen-bond acceptors (Lipinski definition) is 1. The Morgan fingerprint density at radius 1 is 0.757 bits per heavy atom. The van der Waals surface area contributed by atoms with E-state index in [1.165, 1.54) is 19.8 Å². The van der Waals surface area contributed by atoms with E-state index in [4.69, 9.17) is 0 Å². The van der Waals surface area contributed by atoms with Crippen molar-refractivity contribution in [1.29, 1.82) is 0 Å². The lowest BCUT2D eigenvalue weighted by molar-refractivity contribution is -0.885. The van der Waals surface area contributed by atoms with Gasteiger partial charge in [-0.05, 0) is 13.1 Å². The van der Waals surface area contributed by atoms with Crippen LogP contribution in [0.15, 0.2) is 116 Å². The molecule has 1 N–H and O–H groups in total. The summed E-state index contributed by atoms with van der Waals surface area (Å²) in [5.41, 5.74) is 3.07. The van der Waals surface area contributed by atoms with Crippen LogP contribution in [0.1, 0.15) is 0 Å². The fraction of sp³-hybridized carbons (Fsp3) is 0.161. The molecule has 0 bridgehead atoms. The minimum atomic E-state index is -1.92. The zero-order chi connectivity index (χ0) is 26.3. The maximum Gasteiger partial charge on any atom is 0.194 e. The first-order valence-corrected chi connectivity index (χ1v) is 12.6. The molecule has 1 saturated heterocycles. The summed E-state index contributed by atoms with van der Waals surface area (Å²) >= 11 is 0. The Hall–Kier alpha value is -3.61. The van der Waals surface area contributed by atoms with Crippen LogP contribution in [-0.4, -0.2) is 44.4 Å². The molecule has 1 aliphatic rings. The van der Waals surface area contributed by atoms with Gasteiger partial charge in [-0.2, -0.15) is 21.9 Å². The average Bonchev–Trinajstić information content (AvgIpc) is 3.35. The number of quaternary nitrogens is 1. The number of hydrogen-bond donors (Lipinski definition) is 1. The van der Waals surface area contributed by atoms with Gasteiger partial charge in [0.15, 0.2) is 17.5 Å². The molecule has 1 atom stereocenters. The maximum absolute atomic E-state index is 14.3. The molecule has 4 aromatic carbocycles. The van der Waals surface area contributed by atoms with E-state index >= 15 is 0 Å². The molecule has 190 valence electrons. The molecule has 5 rings (SSSR count). The minimum Gasteiger partial charge on any atom is -0.318 e. The van der Waals surface area contributed by atoms with E-state index in [0.29, 0.717) is 5.46 Å². The molecular weight excluding hydrogens is 468 g/mol. The van der Waals surface area contributed by atoms with E-state index in [-0.39, 0.29) is 0 Å². The van der Waals surface area contributed by atoms with Gasteiger partial charge >= 0.3 is 0 Å².